The molecule has 0 heterocycles. The quantitative estimate of drug-likeness (QED) is 0.571. The van der Waals surface area contributed by atoms with E-state index in [4.69, 9.17) is 27.9 Å². The molecule has 0 aliphatic heterocycles. The topological polar surface area (TPSA) is 58.6 Å². The van der Waals surface area contributed by atoms with Crippen LogP contribution in [0.5, 0.6) is 5.75 Å². The number of nitrogens with one attached hydrogen (secondary N) is 1. The van der Waals surface area contributed by atoms with Crippen molar-refractivity contribution in [2.24, 2.45) is 23.2 Å². The SMILES string of the molecule is CC(C)(O)C12CC3CC(C1)C(NC(=O)CCCOc1ccc(Cl)cc1Cl)C(C3)C2. The molecule has 160 valence electrons. The summed E-state index contributed by atoms with van der Waals surface area (Å²) in [5, 5.41) is 15.2. The lowest BCUT2D eigenvalue weighted by atomic mass is 9.44. The summed E-state index contributed by atoms with van der Waals surface area (Å²) < 4.78 is 5.68. The molecule has 2 N–H and O–H groups in total. The lowest BCUT2D eigenvalue weighted by molar-refractivity contribution is -0.173. The molecule has 0 spiro atoms. The first-order chi connectivity index (χ1) is 13.7. The minimum absolute atomic E-state index is 0.0381. The van der Waals surface area contributed by atoms with E-state index in [1.165, 1.54) is 12.8 Å². The summed E-state index contributed by atoms with van der Waals surface area (Å²) >= 11 is 12.0. The van der Waals surface area contributed by atoms with Crippen LogP contribution in [0.2, 0.25) is 10.0 Å². The first-order valence-corrected chi connectivity index (χ1v) is 11.5. The Kier molecular flexibility index (Phi) is 5.82. The van der Waals surface area contributed by atoms with Crippen molar-refractivity contribution < 1.29 is 14.6 Å². The van der Waals surface area contributed by atoms with Crippen molar-refractivity contribution in [2.75, 3.05) is 6.61 Å². The van der Waals surface area contributed by atoms with Crippen LogP contribution in [0.15, 0.2) is 18.2 Å². The van der Waals surface area contributed by atoms with Crippen molar-refractivity contribution in [1.82, 2.24) is 5.32 Å². The number of benzene rings is 1. The average molecular weight is 440 g/mol. The summed E-state index contributed by atoms with van der Waals surface area (Å²) in [6, 6.07) is 5.40. The fraction of sp³-hybridized carbons (Fsp3) is 0.696. The molecule has 2 atom stereocenters. The lowest BCUT2D eigenvalue weighted by Gasteiger charge is -2.63. The Bertz CT molecular complexity index is 760. The number of hydrogen-bond acceptors (Lipinski definition) is 3. The molecular weight excluding hydrogens is 409 g/mol. The summed E-state index contributed by atoms with van der Waals surface area (Å²) in [6.07, 6.45) is 6.69. The minimum Gasteiger partial charge on any atom is -0.492 e. The molecule has 5 rings (SSSR count). The zero-order chi connectivity index (χ0) is 20.8. The van der Waals surface area contributed by atoms with Crippen molar-refractivity contribution in [3.63, 3.8) is 0 Å². The third-order valence-corrected chi connectivity index (χ3v) is 8.13. The highest BCUT2D eigenvalue weighted by atomic mass is 35.5. The van der Waals surface area contributed by atoms with E-state index >= 15 is 0 Å². The molecule has 1 aromatic rings. The second kappa shape index (κ2) is 7.94. The third-order valence-electron chi connectivity index (χ3n) is 7.60. The summed E-state index contributed by atoms with van der Waals surface area (Å²) in [5.74, 6) is 2.41. The van der Waals surface area contributed by atoms with E-state index < -0.39 is 5.60 Å². The first-order valence-electron chi connectivity index (χ1n) is 10.8. The number of rotatable bonds is 7. The predicted molar refractivity (Wildman–Crippen MR) is 115 cm³/mol. The van der Waals surface area contributed by atoms with E-state index in [2.05, 4.69) is 5.32 Å². The van der Waals surface area contributed by atoms with Gasteiger partial charge in [0.2, 0.25) is 5.91 Å². The highest BCUT2D eigenvalue weighted by Gasteiger charge is 2.60. The number of amides is 1. The minimum atomic E-state index is -0.641. The van der Waals surface area contributed by atoms with Gasteiger partial charge in [-0.3, -0.25) is 4.79 Å². The van der Waals surface area contributed by atoms with Gasteiger partial charge in [0, 0.05) is 17.5 Å². The molecule has 4 nitrogen and oxygen atoms in total. The number of hydrogen-bond donors (Lipinski definition) is 2. The monoisotopic (exact) mass is 439 g/mol. The predicted octanol–water partition coefficient (Wildman–Crippen LogP) is 5.23. The Morgan fingerprint density at radius 2 is 1.93 bits per heavy atom. The van der Waals surface area contributed by atoms with Gasteiger partial charge in [-0.2, -0.15) is 0 Å². The largest absolute Gasteiger partial charge is 0.492 e. The van der Waals surface area contributed by atoms with Crippen molar-refractivity contribution in [3.05, 3.63) is 28.2 Å². The normalized spacial score (nSPS) is 33.0. The lowest BCUT2D eigenvalue weighted by Crippen LogP contribution is -2.63. The molecular formula is C23H31Cl2NO3. The van der Waals surface area contributed by atoms with Gasteiger partial charge in [0.15, 0.2) is 0 Å². The molecule has 0 aromatic heterocycles. The fourth-order valence-corrected chi connectivity index (χ4v) is 6.74. The fourth-order valence-electron chi connectivity index (χ4n) is 6.27. The van der Waals surface area contributed by atoms with Gasteiger partial charge < -0.3 is 15.2 Å². The van der Waals surface area contributed by atoms with Crippen molar-refractivity contribution in [2.45, 2.75) is 70.4 Å². The van der Waals surface area contributed by atoms with Crippen LogP contribution < -0.4 is 10.1 Å². The van der Waals surface area contributed by atoms with Crippen LogP contribution in [0, 0.1) is 23.2 Å². The maximum atomic E-state index is 12.6. The molecule has 0 saturated heterocycles. The molecule has 1 amide bonds. The van der Waals surface area contributed by atoms with Crippen LogP contribution in [-0.4, -0.2) is 29.3 Å². The second-order valence-electron chi connectivity index (χ2n) is 9.93. The number of aliphatic hydroxyl groups is 1. The Hall–Kier alpha value is -0.970. The van der Waals surface area contributed by atoms with E-state index in [0.29, 0.717) is 53.0 Å². The van der Waals surface area contributed by atoms with Gasteiger partial charge in [-0.1, -0.05) is 23.2 Å². The van der Waals surface area contributed by atoms with Gasteiger partial charge in [-0.25, -0.2) is 0 Å². The summed E-state index contributed by atoms with van der Waals surface area (Å²) in [5.41, 5.74) is -0.603. The van der Waals surface area contributed by atoms with Crippen LogP contribution in [0.25, 0.3) is 0 Å². The van der Waals surface area contributed by atoms with Gasteiger partial charge >= 0.3 is 0 Å². The van der Waals surface area contributed by atoms with Gasteiger partial charge in [-0.05, 0) is 93.7 Å². The maximum absolute atomic E-state index is 12.6. The second-order valence-corrected chi connectivity index (χ2v) is 10.8. The van der Waals surface area contributed by atoms with Gasteiger partial charge in [0.25, 0.3) is 0 Å². The van der Waals surface area contributed by atoms with E-state index in [1.54, 1.807) is 18.2 Å². The molecule has 1 aromatic carbocycles. The Morgan fingerprint density at radius 3 is 2.55 bits per heavy atom. The van der Waals surface area contributed by atoms with Gasteiger partial charge in [-0.15, -0.1) is 0 Å². The van der Waals surface area contributed by atoms with Crippen LogP contribution >= 0.6 is 23.2 Å². The summed E-state index contributed by atoms with van der Waals surface area (Å²) in [4.78, 5) is 12.6. The zero-order valence-electron chi connectivity index (χ0n) is 17.2. The van der Waals surface area contributed by atoms with E-state index in [-0.39, 0.29) is 17.4 Å². The highest BCUT2D eigenvalue weighted by molar-refractivity contribution is 6.35. The third kappa shape index (κ3) is 4.26. The standard InChI is InChI=1S/C23H31Cl2NO3/c1-22(2,28)23-11-14-8-15(12-23)21(16(9-14)13-23)26-20(27)4-3-7-29-19-6-5-17(24)10-18(19)25/h5-6,10,14-16,21,28H,3-4,7-9,11-13H2,1-2H3,(H,26,27). The van der Waals surface area contributed by atoms with Crippen LogP contribution in [0.1, 0.15) is 58.8 Å². The average Bonchev–Trinajstić information content (AvgIpc) is 2.62. The molecule has 4 aliphatic carbocycles. The molecule has 4 fully saturated rings. The molecule has 4 bridgehead atoms. The van der Waals surface area contributed by atoms with Crippen LogP contribution in [0.3, 0.4) is 0 Å². The van der Waals surface area contributed by atoms with Crippen LogP contribution in [-0.2, 0) is 4.79 Å². The maximum Gasteiger partial charge on any atom is 0.220 e. The molecule has 4 aliphatic rings. The molecule has 2 unspecified atom stereocenters. The van der Waals surface area contributed by atoms with Gasteiger partial charge in [0.1, 0.15) is 5.75 Å². The first kappa shape index (κ1) is 21.3. The summed E-state index contributed by atoms with van der Waals surface area (Å²) in [6.45, 7) is 4.39. The zero-order valence-corrected chi connectivity index (χ0v) is 18.7. The Morgan fingerprint density at radius 1 is 1.24 bits per heavy atom. The summed E-state index contributed by atoms with van der Waals surface area (Å²) in [7, 11) is 0. The van der Waals surface area contributed by atoms with E-state index in [9.17, 15) is 9.90 Å². The van der Waals surface area contributed by atoms with Crippen molar-refractivity contribution in [1.29, 1.82) is 0 Å². The molecule has 6 heteroatoms. The van der Waals surface area contributed by atoms with Crippen LogP contribution in [0.4, 0.5) is 0 Å². The Balaban J connectivity index is 1.27. The highest BCUT2D eigenvalue weighted by Crippen LogP contribution is 2.63. The number of ether oxygens (including phenoxy) is 1. The molecule has 4 saturated carbocycles. The number of carbonyl (C=O) groups is 1. The smallest absolute Gasteiger partial charge is 0.220 e. The van der Waals surface area contributed by atoms with E-state index in [0.717, 1.165) is 19.3 Å². The Labute approximate surface area is 183 Å². The molecule has 29 heavy (non-hydrogen) atoms. The molecule has 0 radical (unpaired) electrons. The van der Waals surface area contributed by atoms with Crippen molar-refractivity contribution in [3.8, 4) is 5.75 Å². The number of carbonyl (C=O) groups excluding carboxylic acids is 1. The van der Waals surface area contributed by atoms with Gasteiger partial charge in [0.05, 0.1) is 17.2 Å². The van der Waals surface area contributed by atoms with Crippen molar-refractivity contribution >= 4 is 29.1 Å². The van der Waals surface area contributed by atoms with E-state index in [1.807, 2.05) is 13.8 Å². The number of halogens is 2.